The van der Waals surface area contributed by atoms with Gasteiger partial charge in [0.1, 0.15) is 11.5 Å². The number of likely N-dealkylation sites (tertiary alicyclic amines) is 1. The first-order chi connectivity index (χ1) is 16.5. The van der Waals surface area contributed by atoms with Gasteiger partial charge in [0.25, 0.3) is 11.6 Å². The number of para-hydroxylation sites is 1. The number of aromatic amines is 1. The summed E-state index contributed by atoms with van der Waals surface area (Å²) in [7, 11) is 0. The van der Waals surface area contributed by atoms with E-state index < -0.39 is 0 Å². The van der Waals surface area contributed by atoms with Gasteiger partial charge in [0, 0.05) is 35.8 Å². The first kappa shape index (κ1) is 20.7. The molecule has 0 aliphatic carbocycles. The maximum Gasteiger partial charge on any atom is 0.259 e. The van der Waals surface area contributed by atoms with E-state index in [1.807, 2.05) is 43.9 Å². The molecule has 4 aromatic heterocycles. The molecule has 0 atom stereocenters. The maximum absolute atomic E-state index is 13.7. The molecule has 1 amide bonds. The van der Waals surface area contributed by atoms with Gasteiger partial charge in [-0.15, -0.1) is 0 Å². The SMILES string of the molecule is Cc1cc(-c2cc(C(=O)N3CCC(c4c[nH]c5ccccc45)CC3)c3c(C)noc3n2)c(C)o1. The minimum absolute atomic E-state index is 0.00445. The molecule has 5 aromatic rings. The molecule has 1 aliphatic heterocycles. The monoisotopic (exact) mass is 454 g/mol. The number of rotatable bonds is 3. The predicted octanol–water partition coefficient (Wildman–Crippen LogP) is 5.91. The first-order valence-electron chi connectivity index (χ1n) is 11.7. The van der Waals surface area contributed by atoms with E-state index in [4.69, 9.17) is 8.94 Å². The van der Waals surface area contributed by atoms with Crippen molar-refractivity contribution in [2.45, 2.75) is 39.5 Å². The number of aryl methyl sites for hydroxylation is 3. The Kier molecular flexibility index (Phi) is 4.79. The number of fused-ring (bicyclic) bond motifs is 2. The Hall–Kier alpha value is -3.87. The summed E-state index contributed by atoms with van der Waals surface area (Å²) in [4.78, 5) is 23.7. The van der Waals surface area contributed by atoms with Crippen LogP contribution in [0.25, 0.3) is 33.3 Å². The number of furan rings is 1. The third-order valence-electron chi connectivity index (χ3n) is 7.01. The molecule has 0 unspecified atom stereocenters. The molecule has 0 bridgehead atoms. The summed E-state index contributed by atoms with van der Waals surface area (Å²) in [5.74, 6) is 1.99. The number of piperidine rings is 1. The molecule has 0 saturated carbocycles. The van der Waals surface area contributed by atoms with Crippen LogP contribution in [0.2, 0.25) is 0 Å². The maximum atomic E-state index is 13.7. The molecule has 7 heteroatoms. The molecule has 1 fully saturated rings. The highest BCUT2D eigenvalue weighted by molar-refractivity contribution is 6.07. The zero-order chi connectivity index (χ0) is 23.4. The topological polar surface area (TPSA) is 88.2 Å². The number of nitrogens with one attached hydrogen (secondary N) is 1. The molecule has 7 nitrogen and oxygen atoms in total. The summed E-state index contributed by atoms with van der Waals surface area (Å²) in [6, 6.07) is 12.2. The van der Waals surface area contributed by atoms with E-state index in [-0.39, 0.29) is 5.91 Å². The molecule has 0 radical (unpaired) electrons. The molecule has 5 heterocycles. The number of pyridine rings is 1. The number of aromatic nitrogens is 3. The van der Waals surface area contributed by atoms with Crippen LogP contribution in [-0.2, 0) is 0 Å². The van der Waals surface area contributed by atoms with Gasteiger partial charge >= 0.3 is 0 Å². The third kappa shape index (κ3) is 3.31. The van der Waals surface area contributed by atoms with Gasteiger partial charge in [0.05, 0.1) is 22.3 Å². The summed E-state index contributed by atoms with van der Waals surface area (Å²) < 4.78 is 11.2. The number of nitrogens with zero attached hydrogens (tertiary/aromatic N) is 3. The zero-order valence-corrected chi connectivity index (χ0v) is 19.5. The Labute approximate surface area is 196 Å². The van der Waals surface area contributed by atoms with E-state index in [1.54, 1.807) is 0 Å². The van der Waals surface area contributed by atoms with Crippen LogP contribution in [0.15, 0.2) is 51.5 Å². The quantitative estimate of drug-likeness (QED) is 0.366. The fourth-order valence-corrected chi connectivity index (χ4v) is 5.28. The fraction of sp³-hybridized carbons (Fsp3) is 0.296. The van der Waals surface area contributed by atoms with E-state index >= 15 is 0 Å². The van der Waals surface area contributed by atoms with Crippen molar-refractivity contribution in [1.29, 1.82) is 0 Å². The van der Waals surface area contributed by atoms with E-state index in [2.05, 4.69) is 39.5 Å². The number of H-pyrrole nitrogens is 1. The molecule has 6 rings (SSSR count). The van der Waals surface area contributed by atoms with Crippen LogP contribution >= 0.6 is 0 Å². The van der Waals surface area contributed by atoms with Crippen LogP contribution in [0, 0.1) is 20.8 Å². The average molecular weight is 455 g/mol. The van der Waals surface area contributed by atoms with Gasteiger partial charge < -0.3 is 18.8 Å². The molecule has 172 valence electrons. The van der Waals surface area contributed by atoms with Crippen molar-refractivity contribution in [2.75, 3.05) is 13.1 Å². The van der Waals surface area contributed by atoms with Crippen molar-refractivity contribution in [2.24, 2.45) is 0 Å². The van der Waals surface area contributed by atoms with Crippen LogP contribution in [-0.4, -0.2) is 39.0 Å². The van der Waals surface area contributed by atoms with Crippen molar-refractivity contribution >= 4 is 27.9 Å². The number of carbonyl (C=O) groups is 1. The Balaban J connectivity index is 1.31. The molecule has 1 N–H and O–H groups in total. The number of hydrogen-bond donors (Lipinski definition) is 1. The highest BCUT2D eigenvalue weighted by Gasteiger charge is 2.29. The van der Waals surface area contributed by atoms with E-state index in [0.29, 0.717) is 47.1 Å². The van der Waals surface area contributed by atoms with Crippen molar-refractivity contribution in [3.8, 4) is 11.3 Å². The van der Waals surface area contributed by atoms with Crippen molar-refractivity contribution in [3.63, 3.8) is 0 Å². The summed E-state index contributed by atoms with van der Waals surface area (Å²) in [6.45, 7) is 7.06. The standard InChI is InChI=1S/C27H26N4O3/c1-15-12-20(17(3)33-15)24-13-21(25-16(2)30-34-26(25)29-24)27(32)31-10-8-18(9-11-31)22-14-28-23-7-5-4-6-19(22)23/h4-7,12-14,18,28H,8-11H2,1-3H3. The van der Waals surface area contributed by atoms with Gasteiger partial charge in [-0.05, 0) is 63.3 Å². The van der Waals surface area contributed by atoms with Gasteiger partial charge in [-0.25, -0.2) is 4.98 Å². The summed E-state index contributed by atoms with van der Waals surface area (Å²) in [6.07, 6.45) is 3.98. The van der Waals surface area contributed by atoms with Gasteiger partial charge in [-0.1, -0.05) is 23.4 Å². The van der Waals surface area contributed by atoms with Crippen molar-refractivity contribution in [3.05, 3.63) is 70.9 Å². The minimum atomic E-state index is -0.00445. The lowest BCUT2D eigenvalue weighted by atomic mass is 9.89. The molecular formula is C27H26N4O3. The number of carbonyl (C=O) groups excluding carboxylic acids is 1. The minimum Gasteiger partial charge on any atom is -0.466 e. The molecule has 34 heavy (non-hydrogen) atoms. The van der Waals surface area contributed by atoms with Crippen molar-refractivity contribution < 1.29 is 13.7 Å². The van der Waals surface area contributed by atoms with Crippen LogP contribution in [0.1, 0.15) is 51.9 Å². The lowest BCUT2D eigenvalue weighted by molar-refractivity contribution is 0.0715. The summed E-state index contributed by atoms with van der Waals surface area (Å²) in [5, 5.41) is 6.05. The lowest BCUT2D eigenvalue weighted by Crippen LogP contribution is -2.38. The first-order valence-corrected chi connectivity index (χ1v) is 11.7. The van der Waals surface area contributed by atoms with Crippen molar-refractivity contribution in [1.82, 2.24) is 20.0 Å². The Morgan fingerprint density at radius 1 is 1.12 bits per heavy atom. The highest BCUT2D eigenvalue weighted by atomic mass is 16.5. The Morgan fingerprint density at radius 2 is 1.91 bits per heavy atom. The molecule has 0 spiro atoms. The van der Waals surface area contributed by atoms with Gasteiger partial charge in [0.2, 0.25) is 0 Å². The number of benzene rings is 1. The normalized spacial score (nSPS) is 15.0. The molecule has 1 aromatic carbocycles. The van der Waals surface area contributed by atoms with Gasteiger partial charge in [-0.3, -0.25) is 4.79 Å². The predicted molar refractivity (Wildman–Crippen MR) is 130 cm³/mol. The fourth-order valence-electron chi connectivity index (χ4n) is 5.28. The van der Waals surface area contributed by atoms with Gasteiger partial charge in [0.15, 0.2) is 0 Å². The van der Waals surface area contributed by atoms with Crippen LogP contribution < -0.4 is 0 Å². The van der Waals surface area contributed by atoms with Crippen LogP contribution in [0.3, 0.4) is 0 Å². The van der Waals surface area contributed by atoms with E-state index in [0.717, 1.165) is 35.4 Å². The van der Waals surface area contributed by atoms with E-state index in [9.17, 15) is 4.79 Å². The summed E-state index contributed by atoms with van der Waals surface area (Å²) in [5.41, 5.74) is 5.67. The lowest BCUT2D eigenvalue weighted by Gasteiger charge is -2.32. The second kappa shape index (κ2) is 7.87. The van der Waals surface area contributed by atoms with Gasteiger partial charge in [-0.2, -0.15) is 0 Å². The molecule has 1 aliphatic rings. The zero-order valence-electron chi connectivity index (χ0n) is 19.5. The second-order valence-electron chi connectivity index (χ2n) is 9.19. The molecule has 1 saturated heterocycles. The third-order valence-corrected chi connectivity index (χ3v) is 7.01. The Morgan fingerprint density at radius 3 is 2.68 bits per heavy atom. The number of amides is 1. The Bertz CT molecular complexity index is 1530. The average Bonchev–Trinajstić information content (AvgIpc) is 3.54. The largest absolute Gasteiger partial charge is 0.466 e. The highest BCUT2D eigenvalue weighted by Crippen LogP contribution is 2.35. The van der Waals surface area contributed by atoms with Crippen LogP contribution in [0.5, 0.6) is 0 Å². The molecular weight excluding hydrogens is 428 g/mol. The number of hydrogen-bond acceptors (Lipinski definition) is 5. The smallest absolute Gasteiger partial charge is 0.259 e. The van der Waals surface area contributed by atoms with Crippen LogP contribution in [0.4, 0.5) is 0 Å². The van der Waals surface area contributed by atoms with E-state index in [1.165, 1.54) is 10.9 Å². The second-order valence-corrected chi connectivity index (χ2v) is 9.19. The summed E-state index contributed by atoms with van der Waals surface area (Å²) >= 11 is 0.